The van der Waals surface area contributed by atoms with Gasteiger partial charge < -0.3 is 5.32 Å². The van der Waals surface area contributed by atoms with E-state index in [9.17, 15) is 10.1 Å². The van der Waals surface area contributed by atoms with Crippen molar-refractivity contribution in [3.63, 3.8) is 0 Å². The fourth-order valence-corrected chi connectivity index (χ4v) is 4.46. The van der Waals surface area contributed by atoms with Gasteiger partial charge in [-0.3, -0.25) is 4.79 Å². The Bertz CT molecular complexity index is 1320. The van der Waals surface area contributed by atoms with Gasteiger partial charge in [-0.2, -0.15) is 5.26 Å². The number of carbonyl (C=O) groups excluding carboxylic acids is 1. The summed E-state index contributed by atoms with van der Waals surface area (Å²) >= 11 is 7.29. The van der Waals surface area contributed by atoms with Crippen molar-refractivity contribution in [2.24, 2.45) is 0 Å². The second-order valence-corrected chi connectivity index (χ2v) is 9.10. The second kappa shape index (κ2) is 10.4. The van der Waals surface area contributed by atoms with Gasteiger partial charge in [-0.1, -0.05) is 90.1 Å². The monoisotopic (exact) mass is 469 g/mol. The van der Waals surface area contributed by atoms with E-state index in [1.165, 1.54) is 11.8 Å². The predicted molar refractivity (Wildman–Crippen MR) is 135 cm³/mol. The molecule has 3 aromatic carbocycles. The van der Waals surface area contributed by atoms with E-state index in [4.69, 9.17) is 16.6 Å². The SMILES string of the molecule is C[C@H](Sc1nc(-c2ccccc2)cc(-c2ccccc2)c1C#N)C(=O)Nc1cccc(Cl)c1. The van der Waals surface area contributed by atoms with E-state index in [2.05, 4.69) is 11.4 Å². The number of hydrogen-bond acceptors (Lipinski definition) is 4. The minimum atomic E-state index is -0.488. The van der Waals surface area contributed by atoms with E-state index >= 15 is 0 Å². The maximum absolute atomic E-state index is 12.9. The Hall–Kier alpha value is -3.59. The van der Waals surface area contributed by atoms with Crippen LogP contribution in [0.1, 0.15) is 12.5 Å². The summed E-state index contributed by atoms with van der Waals surface area (Å²) < 4.78 is 0. The molecule has 1 amide bonds. The van der Waals surface area contributed by atoms with Crippen LogP contribution in [0.3, 0.4) is 0 Å². The summed E-state index contributed by atoms with van der Waals surface area (Å²) in [6.45, 7) is 1.80. The molecule has 0 spiro atoms. The van der Waals surface area contributed by atoms with Crippen LogP contribution in [0, 0.1) is 11.3 Å². The molecule has 0 aliphatic carbocycles. The molecule has 0 unspecified atom stereocenters. The highest BCUT2D eigenvalue weighted by molar-refractivity contribution is 8.00. The number of aromatic nitrogens is 1. The summed E-state index contributed by atoms with van der Waals surface area (Å²) in [5.41, 5.74) is 4.48. The fraction of sp³-hybridized carbons (Fsp3) is 0.0741. The topological polar surface area (TPSA) is 65.8 Å². The van der Waals surface area contributed by atoms with E-state index in [0.717, 1.165) is 22.4 Å². The minimum absolute atomic E-state index is 0.195. The number of halogens is 1. The van der Waals surface area contributed by atoms with Crippen molar-refractivity contribution < 1.29 is 4.79 Å². The van der Waals surface area contributed by atoms with Crippen molar-refractivity contribution in [2.75, 3.05) is 5.32 Å². The van der Waals surface area contributed by atoms with Crippen molar-refractivity contribution in [3.8, 4) is 28.5 Å². The molecule has 1 heterocycles. The number of amides is 1. The molecule has 1 atom stereocenters. The molecule has 0 radical (unpaired) electrons. The third kappa shape index (κ3) is 5.43. The van der Waals surface area contributed by atoms with Gasteiger partial charge in [0.2, 0.25) is 5.91 Å². The zero-order valence-corrected chi connectivity index (χ0v) is 19.4. The molecule has 0 aliphatic heterocycles. The first-order valence-corrected chi connectivity index (χ1v) is 11.6. The van der Waals surface area contributed by atoms with Gasteiger partial charge >= 0.3 is 0 Å². The number of pyridine rings is 1. The standard InChI is InChI=1S/C27H20ClN3OS/c1-18(26(32)30-22-14-8-13-21(28)15-22)33-27-24(17-29)23(19-9-4-2-5-10-19)16-25(31-27)20-11-6-3-7-12-20/h2-16,18H,1H3,(H,30,32)/t18-/m0/s1. The molecule has 0 fully saturated rings. The summed E-state index contributed by atoms with van der Waals surface area (Å²) in [6.07, 6.45) is 0. The number of nitriles is 1. The summed E-state index contributed by atoms with van der Waals surface area (Å²) in [5, 5.41) is 13.5. The molecular formula is C27H20ClN3OS. The summed E-state index contributed by atoms with van der Waals surface area (Å²) in [4.78, 5) is 17.6. The van der Waals surface area contributed by atoms with Crippen LogP contribution in [0.5, 0.6) is 0 Å². The van der Waals surface area contributed by atoms with Crippen LogP contribution < -0.4 is 5.32 Å². The lowest BCUT2D eigenvalue weighted by atomic mass is 9.99. The first-order valence-electron chi connectivity index (χ1n) is 10.3. The molecule has 4 aromatic rings. The average molecular weight is 470 g/mol. The maximum atomic E-state index is 12.9. The largest absolute Gasteiger partial charge is 0.325 e. The van der Waals surface area contributed by atoms with Gasteiger partial charge in [0.15, 0.2) is 0 Å². The van der Waals surface area contributed by atoms with E-state index in [-0.39, 0.29) is 5.91 Å². The molecule has 0 aliphatic rings. The highest BCUT2D eigenvalue weighted by Gasteiger charge is 2.21. The Balaban J connectivity index is 1.72. The van der Waals surface area contributed by atoms with E-state index in [1.54, 1.807) is 31.2 Å². The Morgan fingerprint density at radius 3 is 2.27 bits per heavy atom. The van der Waals surface area contributed by atoms with Crippen LogP contribution in [0.2, 0.25) is 5.02 Å². The van der Waals surface area contributed by atoms with Crippen LogP contribution >= 0.6 is 23.4 Å². The van der Waals surface area contributed by atoms with Gasteiger partial charge in [-0.05, 0) is 36.8 Å². The zero-order valence-electron chi connectivity index (χ0n) is 17.8. The number of hydrogen-bond donors (Lipinski definition) is 1. The number of nitrogens with zero attached hydrogens (tertiary/aromatic N) is 2. The molecule has 162 valence electrons. The smallest absolute Gasteiger partial charge is 0.237 e. The molecule has 4 rings (SSSR count). The average Bonchev–Trinajstić information content (AvgIpc) is 2.84. The molecular weight excluding hydrogens is 450 g/mol. The summed E-state index contributed by atoms with van der Waals surface area (Å²) in [6, 6.07) is 30.8. The second-order valence-electron chi connectivity index (χ2n) is 7.34. The first-order chi connectivity index (χ1) is 16.0. The highest BCUT2D eigenvalue weighted by Crippen LogP contribution is 2.35. The summed E-state index contributed by atoms with van der Waals surface area (Å²) in [5.74, 6) is -0.195. The molecule has 6 heteroatoms. The van der Waals surface area contributed by atoms with Gasteiger partial charge in [0.25, 0.3) is 0 Å². The Labute approximate surface area is 202 Å². The lowest BCUT2D eigenvalue weighted by Gasteiger charge is -2.16. The normalized spacial score (nSPS) is 11.4. The number of carbonyl (C=O) groups is 1. The quantitative estimate of drug-likeness (QED) is 0.307. The number of nitrogens with one attached hydrogen (secondary N) is 1. The Morgan fingerprint density at radius 1 is 0.970 bits per heavy atom. The van der Waals surface area contributed by atoms with Crippen LogP contribution in [0.15, 0.2) is 96.0 Å². The highest BCUT2D eigenvalue weighted by atomic mass is 35.5. The number of thioether (sulfide) groups is 1. The van der Waals surface area contributed by atoms with Crippen molar-refractivity contribution in [2.45, 2.75) is 17.2 Å². The predicted octanol–water partition coefficient (Wildman–Crippen LogP) is 7.06. The van der Waals surface area contributed by atoms with Crippen LogP contribution in [0.4, 0.5) is 5.69 Å². The number of rotatable bonds is 6. The third-order valence-corrected chi connectivity index (χ3v) is 6.32. The van der Waals surface area contributed by atoms with Gasteiger partial charge in [-0.15, -0.1) is 0 Å². The lowest BCUT2D eigenvalue weighted by molar-refractivity contribution is -0.115. The van der Waals surface area contributed by atoms with E-state index in [1.807, 2.05) is 66.7 Å². The Morgan fingerprint density at radius 2 is 1.64 bits per heavy atom. The summed E-state index contributed by atoms with van der Waals surface area (Å²) in [7, 11) is 0. The van der Waals surface area contributed by atoms with Crippen LogP contribution in [-0.2, 0) is 4.79 Å². The number of anilines is 1. The van der Waals surface area contributed by atoms with Crippen molar-refractivity contribution in [1.82, 2.24) is 4.98 Å². The fourth-order valence-electron chi connectivity index (χ4n) is 3.35. The lowest BCUT2D eigenvalue weighted by Crippen LogP contribution is -2.22. The van der Waals surface area contributed by atoms with Gasteiger partial charge in [0, 0.05) is 21.8 Å². The molecule has 33 heavy (non-hydrogen) atoms. The zero-order chi connectivity index (χ0) is 23.2. The van der Waals surface area contributed by atoms with E-state index in [0.29, 0.717) is 21.3 Å². The van der Waals surface area contributed by atoms with Crippen LogP contribution in [0.25, 0.3) is 22.4 Å². The molecule has 1 N–H and O–H groups in total. The van der Waals surface area contributed by atoms with Gasteiger partial charge in [0.1, 0.15) is 11.1 Å². The molecule has 4 nitrogen and oxygen atoms in total. The molecule has 1 aromatic heterocycles. The number of benzene rings is 3. The van der Waals surface area contributed by atoms with Crippen LogP contribution in [-0.4, -0.2) is 16.1 Å². The maximum Gasteiger partial charge on any atom is 0.237 e. The molecule has 0 bridgehead atoms. The molecule has 0 saturated carbocycles. The van der Waals surface area contributed by atoms with Gasteiger partial charge in [0.05, 0.1) is 16.5 Å². The van der Waals surface area contributed by atoms with E-state index < -0.39 is 5.25 Å². The van der Waals surface area contributed by atoms with Crippen molar-refractivity contribution >= 4 is 35.0 Å². The Kier molecular flexibility index (Phi) is 7.09. The van der Waals surface area contributed by atoms with Crippen molar-refractivity contribution in [3.05, 3.63) is 102 Å². The minimum Gasteiger partial charge on any atom is -0.325 e. The first kappa shape index (κ1) is 22.6. The third-order valence-electron chi connectivity index (χ3n) is 5.00. The molecule has 0 saturated heterocycles. The van der Waals surface area contributed by atoms with Gasteiger partial charge in [-0.25, -0.2) is 4.98 Å². The van der Waals surface area contributed by atoms with Crippen molar-refractivity contribution in [1.29, 1.82) is 5.26 Å².